The summed E-state index contributed by atoms with van der Waals surface area (Å²) < 4.78 is 19.2. The van der Waals surface area contributed by atoms with Gasteiger partial charge in [0.25, 0.3) is 5.91 Å². The van der Waals surface area contributed by atoms with Crippen LogP contribution in [-0.4, -0.2) is 28.7 Å². The number of ether oxygens (including phenoxy) is 1. The summed E-state index contributed by atoms with van der Waals surface area (Å²) in [5.74, 6) is -1.11. The number of H-pyrrole nitrogens is 1. The molecule has 2 aromatic heterocycles. The van der Waals surface area contributed by atoms with Crippen molar-refractivity contribution in [1.82, 2.24) is 10.2 Å². The highest BCUT2D eigenvalue weighted by atomic mass is 32.1. The number of halogens is 1. The molecule has 0 unspecified atom stereocenters. The Morgan fingerprint density at radius 2 is 2.00 bits per heavy atom. The smallest absolute Gasteiger partial charge is 0.338 e. The van der Waals surface area contributed by atoms with Gasteiger partial charge < -0.3 is 4.74 Å². The minimum absolute atomic E-state index is 0.277. The zero-order valence-corrected chi connectivity index (χ0v) is 17.9. The van der Waals surface area contributed by atoms with Crippen LogP contribution < -0.4 is 4.90 Å². The second kappa shape index (κ2) is 8.05. The third-order valence-electron chi connectivity index (χ3n) is 5.35. The molecule has 0 saturated carbocycles. The third-order valence-corrected chi connectivity index (χ3v) is 6.23. The number of thiophene rings is 1. The van der Waals surface area contributed by atoms with Gasteiger partial charge in [-0.25, -0.2) is 9.18 Å². The van der Waals surface area contributed by atoms with Crippen LogP contribution in [0, 0.1) is 5.82 Å². The van der Waals surface area contributed by atoms with Gasteiger partial charge in [-0.1, -0.05) is 18.2 Å². The van der Waals surface area contributed by atoms with Crippen LogP contribution in [0.25, 0.3) is 10.6 Å². The Balaban J connectivity index is 1.63. The van der Waals surface area contributed by atoms with E-state index in [4.69, 9.17) is 4.74 Å². The minimum Gasteiger partial charge on any atom is -0.462 e. The number of rotatable bonds is 5. The third kappa shape index (κ3) is 3.29. The van der Waals surface area contributed by atoms with Crippen molar-refractivity contribution in [3.8, 4) is 10.6 Å². The summed E-state index contributed by atoms with van der Waals surface area (Å²) in [5, 5.41) is 9.24. The minimum atomic E-state index is -0.572. The number of aromatic amines is 1. The predicted molar refractivity (Wildman–Crippen MR) is 119 cm³/mol. The van der Waals surface area contributed by atoms with Crippen LogP contribution in [0.2, 0.25) is 0 Å². The maximum atomic E-state index is 14.2. The molecule has 0 fully saturated rings. The Kier molecular flexibility index (Phi) is 5.07. The first-order valence-electron chi connectivity index (χ1n) is 10.1. The van der Waals surface area contributed by atoms with Crippen LogP contribution in [0.15, 0.2) is 66.0 Å². The molecule has 0 bridgehead atoms. The Bertz CT molecular complexity index is 1300. The SMILES string of the molecule is CCOC(=O)c1ccc(N2C(=O)c3n[nH]c(-c4cccs4)c3[C@@H]2c2cccc(F)c2)cc1. The van der Waals surface area contributed by atoms with Gasteiger partial charge in [0.2, 0.25) is 0 Å². The Morgan fingerprint density at radius 3 is 2.69 bits per heavy atom. The van der Waals surface area contributed by atoms with Crippen LogP contribution in [0.4, 0.5) is 10.1 Å². The van der Waals surface area contributed by atoms with Gasteiger partial charge in [0, 0.05) is 11.3 Å². The fourth-order valence-electron chi connectivity index (χ4n) is 3.98. The number of benzene rings is 2. The van der Waals surface area contributed by atoms with E-state index in [2.05, 4.69) is 10.2 Å². The molecule has 1 amide bonds. The maximum absolute atomic E-state index is 14.2. The number of esters is 1. The molecule has 3 heterocycles. The van der Waals surface area contributed by atoms with Crippen molar-refractivity contribution in [2.75, 3.05) is 11.5 Å². The van der Waals surface area contributed by atoms with Gasteiger partial charge in [-0.05, 0) is 60.3 Å². The van der Waals surface area contributed by atoms with Crippen molar-refractivity contribution in [3.05, 3.63) is 94.2 Å². The summed E-state index contributed by atoms with van der Waals surface area (Å²) in [7, 11) is 0. The van der Waals surface area contributed by atoms with Crippen LogP contribution in [-0.2, 0) is 4.74 Å². The number of amides is 1. The number of fused-ring (bicyclic) bond motifs is 1. The van der Waals surface area contributed by atoms with Crippen molar-refractivity contribution >= 4 is 28.9 Å². The molecule has 0 aliphatic carbocycles. The molecule has 5 rings (SSSR count). The molecule has 1 aliphatic rings. The molecule has 0 spiro atoms. The van der Waals surface area contributed by atoms with Crippen LogP contribution in [0.1, 0.15) is 44.9 Å². The van der Waals surface area contributed by atoms with Crippen molar-refractivity contribution in [2.45, 2.75) is 13.0 Å². The van der Waals surface area contributed by atoms with E-state index in [0.29, 0.717) is 28.1 Å². The van der Waals surface area contributed by atoms with Crippen LogP contribution in [0.5, 0.6) is 0 Å². The highest BCUT2D eigenvalue weighted by Gasteiger charge is 2.43. The molecular formula is C24H18FN3O3S. The highest BCUT2D eigenvalue weighted by molar-refractivity contribution is 7.13. The van der Waals surface area contributed by atoms with Crippen LogP contribution in [0.3, 0.4) is 0 Å². The normalized spacial score (nSPS) is 15.1. The van der Waals surface area contributed by atoms with Gasteiger partial charge in [-0.2, -0.15) is 5.10 Å². The van der Waals surface area contributed by atoms with E-state index >= 15 is 0 Å². The molecule has 0 radical (unpaired) electrons. The van der Waals surface area contributed by atoms with Gasteiger partial charge in [-0.3, -0.25) is 14.8 Å². The average Bonchev–Trinajstić information content (AvgIpc) is 3.52. The zero-order chi connectivity index (χ0) is 22.2. The van der Waals surface area contributed by atoms with E-state index in [1.807, 2.05) is 17.5 Å². The second-order valence-corrected chi connectivity index (χ2v) is 8.19. The van der Waals surface area contributed by atoms with Crippen molar-refractivity contribution in [1.29, 1.82) is 0 Å². The Morgan fingerprint density at radius 1 is 1.19 bits per heavy atom. The molecule has 4 aromatic rings. The summed E-state index contributed by atoms with van der Waals surface area (Å²) in [6, 6.07) is 16.1. The van der Waals surface area contributed by atoms with Gasteiger partial charge in [0.05, 0.1) is 28.8 Å². The number of aromatic nitrogens is 2. The Hall–Kier alpha value is -3.78. The highest BCUT2D eigenvalue weighted by Crippen LogP contribution is 2.45. The molecular weight excluding hydrogens is 429 g/mol. The van der Waals surface area contributed by atoms with E-state index in [1.165, 1.54) is 23.5 Å². The largest absolute Gasteiger partial charge is 0.462 e. The van der Waals surface area contributed by atoms with Crippen LogP contribution >= 0.6 is 11.3 Å². The number of anilines is 1. The van der Waals surface area contributed by atoms with Gasteiger partial charge in [0.15, 0.2) is 5.69 Å². The molecule has 0 saturated heterocycles. The predicted octanol–water partition coefficient (Wildman–Crippen LogP) is 5.20. The van der Waals surface area contributed by atoms with Gasteiger partial charge in [-0.15, -0.1) is 11.3 Å². The van der Waals surface area contributed by atoms with Gasteiger partial charge in [0.1, 0.15) is 5.82 Å². The number of nitrogens with one attached hydrogen (secondary N) is 1. The van der Waals surface area contributed by atoms with Crippen molar-refractivity contribution in [3.63, 3.8) is 0 Å². The summed E-state index contributed by atoms with van der Waals surface area (Å²) >= 11 is 1.53. The topological polar surface area (TPSA) is 75.3 Å². The summed E-state index contributed by atoms with van der Waals surface area (Å²) in [6.07, 6.45) is 0. The maximum Gasteiger partial charge on any atom is 0.338 e. The number of nitrogens with zero attached hydrogens (tertiary/aromatic N) is 2. The fraction of sp³-hybridized carbons (Fsp3) is 0.125. The molecule has 6 nitrogen and oxygen atoms in total. The molecule has 1 atom stereocenters. The molecule has 1 N–H and O–H groups in total. The standard InChI is InChI=1S/C24H18FN3O3S/c1-2-31-24(30)14-8-10-17(11-9-14)28-22(15-5-3-6-16(25)13-15)19-20(18-7-4-12-32-18)26-27-21(19)23(28)29/h3-13,22H,2H2,1H3,(H,26,27)/t22-/m0/s1. The van der Waals surface area contributed by atoms with Crippen molar-refractivity contribution < 1.29 is 18.7 Å². The lowest BCUT2D eigenvalue weighted by Gasteiger charge is -2.26. The number of carbonyl (C=O) groups excluding carboxylic acids is 2. The number of carbonyl (C=O) groups is 2. The first-order chi connectivity index (χ1) is 15.6. The first kappa shape index (κ1) is 20.1. The summed E-state index contributed by atoms with van der Waals surface area (Å²) in [6.45, 7) is 2.02. The average molecular weight is 447 g/mol. The fourth-order valence-corrected chi connectivity index (χ4v) is 4.71. The van der Waals surface area contributed by atoms with E-state index < -0.39 is 12.0 Å². The summed E-state index contributed by atoms with van der Waals surface area (Å²) in [5.41, 5.74) is 3.35. The van der Waals surface area contributed by atoms with E-state index in [9.17, 15) is 14.0 Å². The monoisotopic (exact) mass is 447 g/mol. The molecule has 1 aliphatic heterocycles. The van der Waals surface area contributed by atoms with E-state index in [-0.39, 0.29) is 18.3 Å². The quantitative estimate of drug-likeness (QED) is 0.427. The van der Waals surface area contributed by atoms with Gasteiger partial charge >= 0.3 is 5.97 Å². The van der Waals surface area contributed by atoms with E-state index in [1.54, 1.807) is 48.2 Å². The Labute approximate surface area is 187 Å². The lowest BCUT2D eigenvalue weighted by molar-refractivity contribution is 0.0526. The zero-order valence-electron chi connectivity index (χ0n) is 17.0. The first-order valence-corrected chi connectivity index (χ1v) is 10.9. The molecule has 32 heavy (non-hydrogen) atoms. The number of hydrogen-bond donors (Lipinski definition) is 1. The van der Waals surface area contributed by atoms with E-state index in [0.717, 1.165) is 10.6 Å². The molecule has 8 heteroatoms. The lowest BCUT2D eigenvalue weighted by atomic mass is 9.98. The van der Waals surface area contributed by atoms with Crippen molar-refractivity contribution in [2.24, 2.45) is 0 Å². The second-order valence-electron chi connectivity index (χ2n) is 7.24. The molecule has 2 aromatic carbocycles. The molecule has 160 valence electrons. The lowest BCUT2D eigenvalue weighted by Crippen LogP contribution is -2.29. The number of hydrogen-bond acceptors (Lipinski definition) is 5. The summed E-state index contributed by atoms with van der Waals surface area (Å²) in [4.78, 5) is 28.0.